The second-order valence-electron chi connectivity index (χ2n) is 5.51. The summed E-state index contributed by atoms with van der Waals surface area (Å²) in [6.45, 7) is 10.9. The van der Waals surface area contributed by atoms with Gasteiger partial charge in [-0.25, -0.2) is 4.98 Å². The van der Waals surface area contributed by atoms with E-state index >= 15 is 0 Å². The van der Waals surface area contributed by atoms with Crippen molar-refractivity contribution in [3.63, 3.8) is 0 Å². The highest BCUT2D eigenvalue weighted by molar-refractivity contribution is 5.40. The highest BCUT2D eigenvalue weighted by atomic mass is 15.2. The Labute approximate surface area is 111 Å². The van der Waals surface area contributed by atoms with Crippen molar-refractivity contribution in [2.75, 3.05) is 24.5 Å². The van der Waals surface area contributed by atoms with Crippen LogP contribution in [0.3, 0.4) is 0 Å². The maximum absolute atomic E-state index is 4.75. The molecule has 0 spiro atoms. The van der Waals surface area contributed by atoms with Gasteiger partial charge in [0.25, 0.3) is 0 Å². The smallest absolute Gasteiger partial charge is 0.128 e. The first-order valence-corrected chi connectivity index (χ1v) is 7.12. The summed E-state index contributed by atoms with van der Waals surface area (Å²) in [5.74, 6) is 2.75. The van der Waals surface area contributed by atoms with Crippen molar-refractivity contribution in [3.8, 4) is 0 Å². The first-order valence-electron chi connectivity index (χ1n) is 7.12. The predicted molar refractivity (Wildman–Crippen MR) is 76.8 cm³/mol. The van der Waals surface area contributed by atoms with E-state index in [0.29, 0.717) is 0 Å². The quantitative estimate of drug-likeness (QED) is 0.867. The van der Waals surface area contributed by atoms with E-state index in [2.05, 4.69) is 49.2 Å². The third-order valence-corrected chi connectivity index (χ3v) is 3.84. The molecule has 1 fully saturated rings. The predicted octanol–water partition coefficient (Wildman–Crippen LogP) is 2.67. The van der Waals surface area contributed by atoms with Crippen LogP contribution in [0.25, 0.3) is 0 Å². The van der Waals surface area contributed by atoms with Crippen LogP contribution >= 0.6 is 0 Å². The van der Waals surface area contributed by atoms with Crippen LogP contribution < -0.4 is 10.2 Å². The van der Waals surface area contributed by atoms with E-state index < -0.39 is 0 Å². The van der Waals surface area contributed by atoms with Gasteiger partial charge in [-0.2, -0.15) is 0 Å². The van der Waals surface area contributed by atoms with Gasteiger partial charge in [0.2, 0.25) is 0 Å². The molecule has 1 aliphatic heterocycles. The normalized spacial score (nSPS) is 19.8. The third-order valence-electron chi connectivity index (χ3n) is 3.84. The minimum atomic E-state index is 0.778. The molecule has 18 heavy (non-hydrogen) atoms. The molecule has 2 rings (SSSR count). The first kappa shape index (κ1) is 13.3. The van der Waals surface area contributed by atoms with Crippen molar-refractivity contribution in [2.24, 2.45) is 11.8 Å². The Bertz CT molecular complexity index is 376. The summed E-state index contributed by atoms with van der Waals surface area (Å²) in [6, 6.07) is 6.36. The van der Waals surface area contributed by atoms with Gasteiger partial charge >= 0.3 is 0 Å². The zero-order valence-electron chi connectivity index (χ0n) is 11.8. The number of pyridine rings is 1. The number of hydrogen-bond donors (Lipinski definition) is 1. The molecule has 1 N–H and O–H groups in total. The van der Waals surface area contributed by atoms with E-state index in [9.17, 15) is 0 Å². The highest BCUT2D eigenvalue weighted by Gasteiger charge is 2.25. The molecule has 1 aliphatic rings. The summed E-state index contributed by atoms with van der Waals surface area (Å²) in [7, 11) is 0. The molecule has 1 atom stereocenters. The third kappa shape index (κ3) is 3.22. The minimum Gasteiger partial charge on any atom is -0.356 e. The van der Waals surface area contributed by atoms with E-state index in [-0.39, 0.29) is 0 Å². The maximum Gasteiger partial charge on any atom is 0.128 e. The second kappa shape index (κ2) is 6.19. The second-order valence-corrected chi connectivity index (χ2v) is 5.51. The Hall–Kier alpha value is -1.09. The topological polar surface area (TPSA) is 28.2 Å². The number of rotatable bonds is 5. The van der Waals surface area contributed by atoms with Crippen molar-refractivity contribution < 1.29 is 0 Å². The molecular weight excluding hydrogens is 222 g/mol. The van der Waals surface area contributed by atoms with E-state index in [4.69, 9.17) is 4.98 Å². The lowest BCUT2D eigenvalue weighted by molar-refractivity contribution is 0.422. The van der Waals surface area contributed by atoms with Gasteiger partial charge in [-0.05, 0) is 36.9 Å². The molecule has 100 valence electrons. The van der Waals surface area contributed by atoms with Crippen LogP contribution in [0.4, 0.5) is 5.82 Å². The molecule has 0 radical (unpaired) electrons. The molecule has 0 saturated carbocycles. The Morgan fingerprint density at radius 1 is 1.44 bits per heavy atom. The molecule has 1 saturated heterocycles. The number of hydrogen-bond acceptors (Lipinski definition) is 3. The number of nitrogens with one attached hydrogen (secondary N) is 1. The number of anilines is 1. The minimum absolute atomic E-state index is 0.778. The summed E-state index contributed by atoms with van der Waals surface area (Å²) in [5.41, 5.74) is 1.14. The van der Waals surface area contributed by atoms with E-state index in [1.807, 2.05) is 0 Å². The summed E-state index contributed by atoms with van der Waals surface area (Å²) in [6.07, 6.45) is 1.30. The zero-order chi connectivity index (χ0) is 13.0. The average molecular weight is 247 g/mol. The van der Waals surface area contributed by atoms with Crippen molar-refractivity contribution >= 4 is 5.82 Å². The largest absolute Gasteiger partial charge is 0.356 e. The van der Waals surface area contributed by atoms with Gasteiger partial charge in [0.1, 0.15) is 5.82 Å². The molecule has 1 unspecified atom stereocenters. The zero-order valence-corrected chi connectivity index (χ0v) is 11.8. The molecule has 2 heterocycles. The fraction of sp³-hybridized carbons (Fsp3) is 0.667. The van der Waals surface area contributed by atoms with E-state index in [1.165, 1.54) is 6.42 Å². The van der Waals surface area contributed by atoms with Gasteiger partial charge < -0.3 is 10.2 Å². The summed E-state index contributed by atoms with van der Waals surface area (Å²) in [5, 5.41) is 3.33. The van der Waals surface area contributed by atoms with Crippen LogP contribution in [0.15, 0.2) is 18.2 Å². The van der Waals surface area contributed by atoms with Crippen LogP contribution in [-0.2, 0) is 6.54 Å². The summed E-state index contributed by atoms with van der Waals surface area (Å²) < 4.78 is 0. The molecule has 0 aliphatic carbocycles. The van der Waals surface area contributed by atoms with Crippen molar-refractivity contribution in [3.05, 3.63) is 23.9 Å². The monoisotopic (exact) mass is 247 g/mol. The molecule has 1 aromatic rings. The van der Waals surface area contributed by atoms with Crippen LogP contribution in [0.5, 0.6) is 0 Å². The van der Waals surface area contributed by atoms with Crippen molar-refractivity contribution in [2.45, 2.75) is 33.7 Å². The Morgan fingerprint density at radius 3 is 2.94 bits per heavy atom. The summed E-state index contributed by atoms with van der Waals surface area (Å²) >= 11 is 0. The lowest BCUT2D eigenvalue weighted by Gasteiger charge is -2.19. The lowest BCUT2D eigenvalue weighted by Crippen LogP contribution is -2.23. The Balaban J connectivity index is 2.01. The Kier molecular flexibility index (Phi) is 4.59. The highest BCUT2D eigenvalue weighted by Crippen LogP contribution is 2.27. The van der Waals surface area contributed by atoms with Gasteiger partial charge in [-0.3, -0.25) is 0 Å². The van der Waals surface area contributed by atoms with Crippen LogP contribution in [0.1, 0.15) is 32.9 Å². The standard InChI is InChI=1S/C15H25N3/c1-4-16-10-14-6-5-7-15(17-14)18-9-8-13(11-18)12(2)3/h5-7,12-13,16H,4,8-11H2,1-3H3. The van der Waals surface area contributed by atoms with Gasteiger partial charge in [0.15, 0.2) is 0 Å². The molecule has 0 aromatic carbocycles. The van der Waals surface area contributed by atoms with E-state index in [1.54, 1.807) is 0 Å². The van der Waals surface area contributed by atoms with Gasteiger partial charge in [0, 0.05) is 19.6 Å². The van der Waals surface area contributed by atoms with Crippen LogP contribution in [0.2, 0.25) is 0 Å². The van der Waals surface area contributed by atoms with Gasteiger partial charge in [-0.15, -0.1) is 0 Å². The van der Waals surface area contributed by atoms with Gasteiger partial charge in [0.05, 0.1) is 5.69 Å². The fourth-order valence-corrected chi connectivity index (χ4v) is 2.53. The van der Waals surface area contributed by atoms with Crippen LogP contribution in [-0.4, -0.2) is 24.6 Å². The Morgan fingerprint density at radius 2 is 2.28 bits per heavy atom. The van der Waals surface area contributed by atoms with E-state index in [0.717, 1.165) is 49.5 Å². The van der Waals surface area contributed by atoms with Crippen LogP contribution in [0, 0.1) is 11.8 Å². The molecule has 3 nitrogen and oxygen atoms in total. The SMILES string of the molecule is CCNCc1cccc(N2CCC(C(C)C)C2)n1. The molecule has 1 aromatic heterocycles. The number of nitrogens with zero attached hydrogens (tertiary/aromatic N) is 2. The van der Waals surface area contributed by atoms with Crippen molar-refractivity contribution in [1.29, 1.82) is 0 Å². The molecule has 3 heteroatoms. The first-order chi connectivity index (χ1) is 8.70. The molecule has 0 amide bonds. The summed E-state index contributed by atoms with van der Waals surface area (Å²) in [4.78, 5) is 7.18. The fourth-order valence-electron chi connectivity index (χ4n) is 2.53. The van der Waals surface area contributed by atoms with Crippen molar-refractivity contribution in [1.82, 2.24) is 10.3 Å². The molecule has 0 bridgehead atoms. The molecular formula is C15H25N3. The lowest BCUT2D eigenvalue weighted by atomic mass is 9.95. The number of aromatic nitrogens is 1. The average Bonchev–Trinajstić information content (AvgIpc) is 2.86. The maximum atomic E-state index is 4.75. The van der Waals surface area contributed by atoms with Gasteiger partial charge in [-0.1, -0.05) is 26.8 Å².